The molecule has 27 heavy (non-hydrogen) atoms. The van der Waals surface area contributed by atoms with Crippen molar-refractivity contribution in [2.24, 2.45) is 4.99 Å². The van der Waals surface area contributed by atoms with Crippen molar-refractivity contribution < 1.29 is 4.79 Å². The molecule has 0 bridgehead atoms. The first-order valence-electron chi connectivity index (χ1n) is 8.50. The number of amides is 1. The van der Waals surface area contributed by atoms with Gasteiger partial charge in [0.15, 0.2) is 0 Å². The Balaban J connectivity index is 1.85. The summed E-state index contributed by atoms with van der Waals surface area (Å²) in [5.41, 5.74) is 4.07. The third kappa shape index (κ3) is 3.46. The predicted octanol–water partition coefficient (Wildman–Crippen LogP) is 4.99. The molecule has 1 aliphatic heterocycles. The van der Waals surface area contributed by atoms with Gasteiger partial charge in [-0.3, -0.25) is 14.7 Å². The molecule has 0 saturated carbocycles. The number of pyridine rings is 1. The maximum atomic E-state index is 13.2. The van der Waals surface area contributed by atoms with Gasteiger partial charge in [0.25, 0.3) is 5.91 Å². The maximum absolute atomic E-state index is 13.2. The van der Waals surface area contributed by atoms with Crippen LogP contribution in [0.25, 0.3) is 6.08 Å². The summed E-state index contributed by atoms with van der Waals surface area (Å²) in [5, 5.41) is 0. The number of amidine groups is 1. The summed E-state index contributed by atoms with van der Waals surface area (Å²) in [6, 6.07) is 19.3. The Morgan fingerprint density at radius 2 is 1.67 bits per heavy atom. The summed E-state index contributed by atoms with van der Waals surface area (Å²) in [6.45, 7) is 2.02. The largest absolute Gasteiger partial charge is 0.282 e. The Morgan fingerprint density at radius 3 is 2.37 bits per heavy atom. The Kier molecular flexibility index (Phi) is 4.69. The average Bonchev–Trinajstić information content (AvgIpc) is 3.00. The van der Waals surface area contributed by atoms with E-state index in [2.05, 4.69) is 25.9 Å². The molecule has 1 amide bonds. The number of hydrogen-bond donors (Lipinski definition) is 0. The van der Waals surface area contributed by atoms with Crippen LogP contribution in [0.15, 0.2) is 88.2 Å². The Hall–Kier alpha value is -3.05. The van der Waals surface area contributed by atoms with Crippen molar-refractivity contribution in [2.45, 2.75) is 6.92 Å². The topological polar surface area (TPSA) is 45.6 Å². The van der Waals surface area contributed by atoms with E-state index in [0.717, 1.165) is 26.9 Å². The number of aryl methyl sites for hydroxylation is 1. The van der Waals surface area contributed by atoms with Crippen LogP contribution >= 0.6 is 15.9 Å². The maximum Gasteiger partial charge on any atom is 0.282 e. The molecule has 0 unspecified atom stereocenters. The van der Waals surface area contributed by atoms with Crippen molar-refractivity contribution in [1.82, 2.24) is 4.98 Å². The number of halogens is 1. The van der Waals surface area contributed by atoms with E-state index in [4.69, 9.17) is 0 Å². The smallest absolute Gasteiger partial charge is 0.266 e. The van der Waals surface area contributed by atoms with Gasteiger partial charge in [-0.2, -0.15) is 0 Å². The van der Waals surface area contributed by atoms with Gasteiger partial charge in [-0.1, -0.05) is 51.8 Å². The summed E-state index contributed by atoms with van der Waals surface area (Å²) in [7, 11) is 0. The SMILES string of the molecule is Cc1ccc(N2C(=O)/C(=C\c3ccncc3)N=C2c2ccccc2Br)cc1. The fourth-order valence-corrected chi connectivity index (χ4v) is 3.35. The molecule has 4 nitrogen and oxygen atoms in total. The number of rotatable bonds is 3. The van der Waals surface area contributed by atoms with Crippen LogP contribution in [0.2, 0.25) is 0 Å². The van der Waals surface area contributed by atoms with Gasteiger partial charge in [-0.05, 0) is 48.9 Å². The molecule has 0 N–H and O–H groups in total. The molecule has 0 fully saturated rings. The van der Waals surface area contributed by atoms with E-state index < -0.39 is 0 Å². The average molecular weight is 418 g/mol. The molecule has 2 aromatic carbocycles. The van der Waals surface area contributed by atoms with Crippen LogP contribution in [0.3, 0.4) is 0 Å². The van der Waals surface area contributed by atoms with Crippen molar-refractivity contribution >= 4 is 39.4 Å². The number of benzene rings is 2. The lowest BCUT2D eigenvalue weighted by atomic mass is 10.1. The van der Waals surface area contributed by atoms with Crippen LogP contribution < -0.4 is 4.90 Å². The molecule has 0 radical (unpaired) electrons. The molecule has 4 rings (SSSR count). The van der Waals surface area contributed by atoms with Crippen LogP contribution in [0.1, 0.15) is 16.7 Å². The summed E-state index contributed by atoms with van der Waals surface area (Å²) < 4.78 is 0.888. The third-order valence-electron chi connectivity index (χ3n) is 4.28. The first-order chi connectivity index (χ1) is 13.1. The van der Waals surface area contributed by atoms with Crippen molar-refractivity contribution in [3.8, 4) is 0 Å². The van der Waals surface area contributed by atoms with Gasteiger partial charge in [0.05, 0.1) is 5.69 Å². The summed E-state index contributed by atoms with van der Waals surface area (Å²) in [6.07, 6.45) is 5.18. The highest BCUT2D eigenvalue weighted by Gasteiger charge is 2.33. The molecule has 0 atom stereocenters. The van der Waals surface area contributed by atoms with E-state index >= 15 is 0 Å². The summed E-state index contributed by atoms with van der Waals surface area (Å²) in [5.74, 6) is 0.457. The van der Waals surface area contributed by atoms with Crippen LogP contribution in [0, 0.1) is 6.92 Å². The zero-order valence-electron chi connectivity index (χ0n) is 14.6. The van der Waals surface area contributed by atoms with Gasteiger partial charge in [-0.15, -0.1) is 0 Å². The molecule has 0 spiro atoms. The van der Waals surface area contributed by atoms with E-state index in [1.807, 2.05) is 67.6 Å². The second-order valence-corrected chi connectivity index (χ2v) is 7.06. The molecular weight excluding hydrogens is 402 g/mol. The second-order valence-electron chi connectivity index (χ2n) is 6.20. The Labute approximate surface area is 166 Å². The van der Waals surface area contributed by atoms with Crippen LogP contribution in [-0.4, -0.2) is 16.7 Å². The van der Waals surface area contributed by atoms with Crippen molar-refractivity contribution in [3.05, 3.63) is 99.9 Å². The zero-order chi connectivity index (χ0) is 18.8. The van der Waals surface area contributed by atoms with Gasteiger partial charge in [-0.25, -0.2) is 4.99 Å². The minimum atomic E-state index is -0.151. The van der Waals surface area contributed by atoms with Crippen molar-refractivity contribution in [2.75, 3.05) is 4.90 Å². The highest BCUT2D eigenvalue weighted by Crippen LogP contribution is 2.30. The highest BCUT2D eigenvalue weighted by molar-refractivity contribution is 9.10. The Morgan fingerprint density at radius 1 is 0.963 bits per heavy atom. The van der Waals surface area contributed by atoms with E-state index in [1.165, 1.54) is 0 Å². The van der Waals surface area contributed by atoms with E-state index in [1.54, 1.807) is 23.4 Å². The normalized spacial score (nSPS) is 15.3. The fraction of sp³-hybridized carbons (Fsp3) is 0.0455. The van der Waals surface area contributed by atoms with E-state index in [0.29, 0.717) is 11.5 Å². The molecule has 132 valence electrons. The van der Waals surface area contributed by atoms with Crippen LogP contribution in [0.4, 0.5) is 5.69 Å². The monoisotopic (exact) mass is 417 g/mol. The number of aromatic nitrogens is 1. The molecule has 1 aliphatic rings. The number of anilines is 1. The molecule has 5 heteroatoms. The minimum Gasteiger partial charge on any atom is -0.266 e. The third-order valence-corrected chi connectivity index (χ3v) is 4.97. The first-order valence-corrected chi connectivity index (χ1v) is 9.29. The number of aliphatic imine (C=N–C) groups is 1. The molecule has 0 aliphatic carbocycles. The lowest BCUT2D eigenvalue weighted by molar-refractivity contribution is -0.113. The zero-order valence-corrected chi connectivity index (χ0v) is 16.2. The molecule has 2 heterocycles. The number of carbonyl (C=O) groups excluding carboxylic acids is 1. The molecular formula is C22H16BrN3O. The van der Waals surface area contributed by atoms with Crippen molar-refractivity contribution in [1.29, 1.82) is 0 Å². The molecule has 1 aromatic heterocycles. The van der Waals surface area contributed by atoms with Gasteiger partial charge in [0, 0.05) is 22.4 Å². The van der Waals surface area contributed by atoms with Crippen LogP contribution in [-0.2, 0) is 4.79 Å². The van der Waals surface area contributed by atoms with Gasteiger partial charge in [0.1, 0.15) is 11.5 Å². The highest BCUT2D eigenvalue weighted by atomic mass is 79.9. The number of nitrogens with zero attached hydrogens (tertiary/aromatic N) is 3. The van der Waals surface area contributed by atoms with Gasteiger partial charge >= 0.3 is 0 Å². The lowest BCUT2D eigenvalue weighted by Gasteiger charge is -2.19. The van der Waals surface area contributed by atoms with Crippen LogP contribution in [0.5, 0.6) is 0 Å². The number of carbonyl (C=O) groups is 1. The second kappa shape index (κ2) is 7.29. The fourth-order valence-electron chi connectivity index (χ4n) is 2.89. The summed E-state index contributed by atoms with van der Waals surface area (Å²) >= 11 is 3.58. The predicted molar refractivity (Wildman–Crippen MR) is 112 cm³/mol. The van der Waals surface area contributed by atoms with Gasteiger partial charge < -0.3 is 0 Å². The number of hydrogen-bond acceptors (Lipinski definition) is 3. The van der Waals surface area contributed by atoms with E-state index in [9.17, 15) is 4.79 Å². The van der Waals surface area contributed by atoms with Gasteiger partial charge in [0.2, 0.25) is 0 Å². The first kappa shape index (κ1) is 17.4. The Bertz CT molecular complexity index is 1060. The quantitative estimate of drug-likeness (QED) is 0.563. The standard InChI is InChI=1S/C22H16BrN3O/c1-15-6-8-17(9-7-15)26-21(18-4-2-3-5-19(18)23)25-20(22(26)27)14-16-10-12-24-13-11-16/h2-14H,1H3/b20-14+. The van der Waals surface area contributed by atoms with E-state index in [-0.39, 0.29) is 5.91 Å². The summed E-state index contributed by atoms with van der Waals surface area (Å²) in [4.78, 5) is 23.6. The molecule has 0 saturated heterocycles. The molecule has 3 aromatic rings. The minimum absolute atomic E-state index is 0.151. The lowest BCUT2D eigenvalue weighted by Crippen LogP contribution is -2.32. The van der Waals surface area contributed by atoms with Crippen molar-refractivity contribution in [3.63, 3.8) is 0 Å².